The fourth-order valence-corrected chi connectivity index (χ4v) is 2.70. The number of rotatable bonds is 6. The Bertz CT molecular complexity index is 771. The van der Waals surface area contributed by atoms with Crippen LogP contribution in [0, 0.1) is 0 Å². The average molecular weight is 394 g/mol. The Labute approximate surface area is 161 Å². The topological polar surface area (TPSA) is 77.8 Å². The molecule has 0 aliphatic heterocycles. The molecule has 0 radical (unpaired) electrons. The second-order valence-corrected chi connectivity index (χ2v) is 6.58. The second kappa shape index (κ2) is 8.74. The molecule has 2 rings (SSSR count). The molecule has 7 heteroatoms. The van der Waals surface area contributed by atoms with Gasteiger partial charge >= 0.3 is 5.97 Å². The first-order valence-electron chi connectivity index (χ1n) is 7.68. The Morgan fingerprint density at radius 3 is 1.77 bits per heavy atom. The first kappa shape index (κ1) is 19.8. The van der Waals surface area contributed by atoms with Crippen molar-refractivity contribution >= 4 is 35.1 Å². The van der Waals surface area contributed by atoms with Gasteiger partial charge in [0.1, 0.15) is 0 Å². The molecular formula is C19H17Cl2NO4. The number of carboxylic acid groups (broad SMARTS) is 1. The van der Waals surface area contributed by atoms with E-state index < -0.39 is 17.6 Å². The number of benzene rings is 2. The van der Waals surface area contributed by atoms with Gasteiger partial charge < -0.3 is 15.1 Å². The predicted octanol–water partition coefficient (Wildman–Crippen LogP) is 4.11. The third-order valence-electron chi connectivity index (χ3n) is 3.86. The molecule has 26 heavy (non-hydrogen) atoms. The molecule has 2 N–H and O–H groups in total. The number of aliphatic carboxylic acids is 1. The molecule has 0 aliphatic rings. The van der Waals surface area contributed by atoms with Crippen molar-refractivity contribution in [3.8, 4) is 0 Å². The van der Waals surface area contributed by atoms with E-state index in [-0.39, 0.29) is 12.5 Å². The normalized spacial score (nSPS) is 11.5. The lowest BCUT2D eigenvalue weighted by molar-refractivity contribution is -0.136. The van der Waals surface area contributed by atoms with Gasteiger partial charge in [0.2, 0.25) is 11.7 Å². The summed E-state index contributed by atoms with van der Waals surface area (Å²) < 4.78 is 0. The largest absolute Gasteiger partial charge is 0.502 e. The van der Waals surface area contributed by atoms with E-state index in [1.54, 1.807) is 24.3 Å². The predicted molar refractivity (Wildman–Crippen MR) is 101 cm³/mol. The highest BCUT2D eigenvalue weighted by Gasteiger charge is 2.20. The number of aliphatic hydroxyl groups is 1. The molecule has 0 aliphatic carbocycles. The maximum absolute atomic E-state index is 12.1. The van der Waals surface area contributed by atoms with Crippen LogP contribution in [-0.4, -0.2) is 40.6 Å². The van der Waals surface area contributed by atoms with Crippen molar-refractivity contribution in [2.24, 2.45) is 0 Å². The molecule has 0 saturated heterocycles. The molecule has 5 nitrogen and oxygen atoms in total. The Kier molecular flexibility index (Phi) is 6.66. The van der Waals surface area contributed by atoms with Crippen LogP contribution in [0.2, 0.25) is 10.0 Å². The van der Waals surface area contributed by atoms with Gasteiger partial charge in [0, 0.05) is 29.6 Å². The van der Waals surface area contributed by atoms with Crippen molar-refractivity contribution < 1.29 is 19.8 Å². The van der Waals surface area contributed by atoms with E-state index >= 15 is 0 Å². The van der Waals surface area contributed by atoms with Crippen LogP contribution in [0.5, 0.6) is 0 Å². The van der Waals surface area contributed by atoms with E-state index in [4.69, 9.17) is 28.3 Å². The number of amides is 1. The second-order valence-electron chi connectivity index (χ2n) is 5.71. The van der Waals surface area contributed by atoms with E-state index in [0.29, 0.717) is 16.1 Å². The zero-order valence-corrected chi connectivity index (χ0v) is 15.4. The van der Waals surface area contributed by atoms with Crippen molar-refractivity contribution in [1.82, 2.24) is 4.90 Å². The number of nitrogens with zero attached hydrogens (tertiary/aromatic N) is 1. The van der Waals surface area contributed by atoms with Gasteiger partial charge in [-0.25, -0.2) is 4.79 Å². The summed E-state index contributed by atoms with van der Waals surface area (Å²) in [4.78, 5) is 24.2. The van der Waals surface area contributed by atoms with Crippen LogP contribution >= 0.6 is 23.2 Å². The number of hydrogen-bond donors (Lipinski definition) is 2. The summed E-state index contributed by atoms with van der Waals surface area (Å²) in [6, 6.07) is 14.5. The summed E-state index contributed by atoms with van der Waals surface area (Å²) in [5.41, 5.74) is 1.87. The minimum absolute atomic E-state index is 0.182. The van der Waals surface area contributed by atoms with Crippen LogP contribution in [-0.2, 0) is 9.59 Å². The fraction of sp³-hybridized carbons (Fsp3) is 0.158. The van der Waals surface area contributed by atoms with Crippen LogP contribution in [0.25, 0.3) is 0 Å². The van der Waals surface area contributed by atoms with E-state index in [1.807, 2.05) is 24.3 Å². The number of carbonyl (C=O) groups is 2. The molecule has 0 atom stereocenters. The quantitative estimate of drug-likeness (QED) is 0.571. The van der Waals surface area contributed by atoms with Crippen molar-refractivity contribution in [3.05, 3.63) is 81.5 Å². The molecule has 0 bridgehead atoms. The van der Waals surface area contributed by atoms with Gasteiger partial charge in [-0.1, -0.05) is 47.5 Å². The molecule has 1 amide bonds. The summed E-state index contributed by atoms with van der Waals surface area (Å²) in [6.07, 6.45) is 0.684. The summed E-state index contributed by atoms with van der Waals surface area (Å²) >= 11 is 11.9. The summed E-state index contributed by atoms with van der Waals surface area (Å²) in [6.45, 7) is 0.269. The number of aliphatic hydroxyl groups excluding tert-OH is 1. The maximum Gasteiger partial charge on any atom is 0.371 e. The monoisotopic (exact) mass is 393 g/mol. The van der Waals surface area contributed by atoms with Crippen LogP contribution in [0.1, 0.15) is 17.0 Å². The maximum atomic E-state index is 12.1. The zero-order valence-electron chi connectivity index (χ0n) is 13.9. The van der Waals surface area contributed by atoms with E-state index in [2.05, 4.69) is 0 Å². The van der Waals surface area contributed by atoms with Gasteiger partial charge in [-0.3, -0.25) is 4.79 Å². The standard InChI is InChI=1S/C19H17Cl2NO4/c1-22(18(24)10-17(23)19(25)26)11-16(12-2-6-14(20)7-3-12)13-4-8-15(21)9-5-13/h2-10,16,23H,11H2,1H3,(H,25,26)/b17-10-. The van der Waals surface area contributed by atoms with Gasteiger partial charge in [-0.15, -0.1) is 0 Å². The Morgan fingerprint density at radius 1 is 0.962 bits per heavy atom. The third kappa shape index (κ3) is 5.25. The van der Waals surface area contributed by atoms with Gasteiger partial charge in [-0.05, 0) is 35.4 Å². The molecule has 0 heterocycles. The van der Waals surface area contributed by atoms with E-state index in [1.165, 1.54) is 11.9 Å². The highest BCUT2D eigenvalue weighted by atomic mass is 35.5. The lowest BCUT2D eigenvalue weighted by Crippen LogP contribution is -2.30. The first-order chi connectivity index (χ1) is 12.3. The number of halogens is 2. The first-order valence-corrected chi connectivity index (χ1v) is 8.43. The van der Waals surface area contributed by atoms with Crippen LogP contribution in [0.4, 0.5) is 0 Å². The average Bonchev–Trinajstić information content (AvgIpc) is 2.61. The number of hydrogen-bond acceptors (Lipinski definition) is 3. The van der Waals surface area contributed by atoms with E-state index in [0.717, 1.165) is 11.1 Å². The Balaban J connectivity index is 2.30. The smallest absolute Gasteiger partial charge is 0.371 e. The Morgan fingerprint density at radius 2 is 1.38 bits per heavy atom. The van der Waals surface area contributed by atoms with E-state index in [9.17, 15) is 14.7 Å². The minimum Gasteiger partial charge on any atom is -0.502 e. The third-order valence-corrected chi connectivity index (χ3v) is 4.36. The van der Waals surface area contributed by atoms with Crippen molar-refractivity contribution in [1.29, 1.82) is 0 Å². The van der Waals surface area contributed by atoms with Crippen molar-refractivity contribution in [2.75, 3.05) is 13.6 Å². The van der Waals surface area contributed by atoms with Gasteiger partial charge in [0.05, 0.1) is 6.08 Å². The highest BCUT2D eigenvalue weighted by molar-refractivity contribution is 6.30. The molecule has 0 unspecified atom stereocenters. The molecule has 0 saturated carbocycles. The van der Waals surface area contributed by atoms with Crippen LogP contribution < -0.4 is 0 Å². The lowest BCUT2D eigenvalue weighted by atomic mass is 9.91. The molecule has 136 valence electrons. The Hall–Kier alpha value is -2.50. The molecular weight excluding hydrogens is 377 g/mol. The van der Waals surface area contributed by atoms with Crippen LogP contribution in [0.15, 0.2) is 60.4 Å². The van der Waals surface area contributed by atoms with Crippen molar-refractivity contribution in [3.63, 3.8) is 0 Å². The fourth-order valence-electron chi connectivity index (χ4n) is 2.45. The summed E-state index contributed by atoms with van der Waals surface area (Å²) in [7, 11) is 1.53. The lowest BCUT2D eigenvalue weighted by Gasteiger charge is -2.24. The molecule has 0 spiro atoms. The molecule has 2 aromatic rings. The molecule has 0 fully saturated rings. The van der Waals surface area contributed by atoms with Gasteiger partial charge in [-0.2, -0.15) is 0 Å². The highest BCUT2D eigenvalue weighted by Crippen LogP contribution is 2.28. The molecule has 0 aromatic heterocycles. The SMILES string of the molecule is CN(CC(c1ccc(Cl)cc1)c1ccc(Cl)cc1)C(=O)/C=C(\O)C(=O)O. The summed E-state index contributed by atoms with van der Waals surface area (Å²) in [5.74, 6) is -3.35. The molecule has 2 aromatic carbocycles. The number of likely N-dealkylation sites (N-methyl/N-ethyl adjacent to an activating group) is 1. The number of carboxylic acids is 1. The van der Waals surface area contributed by atoms with Gasteiger partial charge in [0.25, 0.3) is 0 Å². The van der Waals surface area contributed by atoms with Gasteiger partial charge in [0.15, 0.2) is 0 Å². The summed E-state index contributed by atoms with van der Waals surface area (Å²) in [5, 5.41) is 19.1. The van der Waals surface area contributed by atoms with Crippen LogP contribution in [0.3, 0.4) is 0 Å². The zero-order chi connectivity index (χ0) is 19.3. The van der Waals surface area contributed by atoms with Crippen molar-refractivity contribution in [2.45, 2.75) is 5.92 Å². The number of carbonyl (C=O) groups excluding carboxylic acids is 1. The minimum atomic E-state index is -1.56.